The van der Waals surface area contributed by atoms with Crippen LogP contribution in [-0.4, -0.2) is 29.2 Å². The van der Waals surface area contributed by atoms with E-state index in [0.717, 1.165) is 12.8 Å². The van der Waals surface area contributed by atoms with E-state index in [2.05, 4.69) is 24.5 Å². The van der Waals surface area contributed by atoms with Crippen LogP contribution in [0, 0.1) is 11.8 Å². The van der Waals surface area contributed by atoms with Crippen molar-refractivity contribution in [1.29, 1.82) is 0 Å². The van der Waals surface area contributed by atoms with Gasteiger partial charge in [0.15, 0.2) is 0 Å². The molecule has 1 saturated carbocycles. The standard InChI is InChI=1S/C12H22N2O3/c1-7-4-8(2)6-10(5-7)14-12(17)13-9(3)11(15)16/h7-10H,4-6H2,1-3H3,(H,15,16)(H2,13,14,17). The Bertz CT molecular complexity index is 283. The third-order valence-electron chi connectivity index (χ3n) is 3.23. The minimum atomic E-state index is -1.02. The van der Waals surface area contributed by atoms with E-state index in [0.29, 0.717) is 11.8 Å². The van der Waals surface area contributed by atoms with Crippen LogP contribution in [0.5, 0.6) is 0 Å². The molecule has 17 heavy (non-hydrogen) atoms. The van der Waals surface area contributed by atoms with Gasteiger partial charge in [-0.05, 0) is 38.0 Å². The molecule has 0 aliphatic heterocycles. The number of carbonyl (C=O) groups excluding carboxylic acids is 1. The van der Waals surface area contributed by atoms with Crippen molar-refractivity contribution in [2.24, 2.45) is 11.8 Å². The lowest BCUT2D eigenvalue weighted by Crippen LogP contribution is -2.49. The Kier molecular flexibility index (Phi) is 4.78. The second kappa shape index (κ2) is 5.89. The number of hydrogen-bond acceptors (Lipinski definition) is 2. The summed E-state index contributed by atoms with van der Waals surface area (Å²) < 4.78 is 0. The highest BCUT2D eigenvalue weighted by Gasteiger charge is 2.25. The van der Waals surface area contributed by atoms with Gasteiger partial charge in [0, 0.05) is 6.04 Å². The summed E-state index contributed by atoms with van der Waals surface area (Å²) in [7, 11) is 0. The van der Waals surface area contributed by atoms with Crippen molar-refractivity contribution in [3.8, 4) is 0 Å². The second-order valence-corrected chi connectivity index (χ2v) is 5.29. The quantitative estimate of drug-likeness (QED) is 0.703. The van der Waals surface area contributed by atoms with Crippen LogP contribution in [-0.2, 0) is 4.79 Å². The number of aliphatic carboxylic acids is 1. The Hall–Kier alpha value is -1.26. The zero-order chi connectivity index (χ0) is 13.0. The lowest BCUT2D eigenvalue weighted by molar-refractivity contribution is -0.138. The monoisotopic (exact) mass is 242 g/mol. The summed E-state index contributed by atoms with van der Waals surface area (Å²) in [6.45, 7) is 5.82. The van der Waals surface area contributed by atoms with Gasteiger partial charge in [-0.1, -0.05) is 13.8 Å². The summed E-state index contributed by atoms with van der Waals surface area (Å²) in [5.74, 6) is 0.201. The first kappa shape index (κ1) is 13.8. The van der Waals surface area contributed by atoms with Gasteiger partial charge in [-0.2, -0.15) is 0 Å². The maximum Gasteiger partial charge on any atom is 0.325 e. The Morgan fingerprint density at radius 3 is 2.18 bits per heavy atom. The van der Waals surface area contributed by atoms with Gasteiger partial charge in [0.25, 0.3) is 0 Å². The van der Waals surface area contributed by atoms with E-state index in [1.165, 1.54) is 13.3 Å². The van der Waals surface area contributed by atoms with Gasteiger partial charge in [-0.3, -0.25) is 4.79 Å². The third kappa shape index (κ3) is 4.63. The van der Waals surface area contributed by atoms with Crippen LogP contribution >= 0.6 is 0 Å². The molecule has 3 N–H and O–H groups in total. The van der Waals surface area contributed by atoms with Gasteiger partial charge in [-0.25, -0.2) is 4.79 Å². The molecule has 1 aliphatic carbocycles. The average Bonchev–Trinajstić information content (AvgIpc) is 2.14. The number of nitrogens with one attached hydrogen (secondary N) is 2. The van der Waals surface area contributed by atoms with E-state index >= 15 is 0 Å². The van der Waals surface area contributed by atoms with E-state index in [-0.39, 0.29) is 12.1 Å². The molecular weight excluding hydrogens is 220 g/mol. The molecular formula is C12H22N2O3. The highest BCUT2D eigenvalue weighted by Crippen LogP contribution is 2.28. The predicted molar refractivity (Wildman–Crippen MR) is 64.7 cm³/mol. The Morgan fingerprint density at radius 2 is 1.71 bits per heavy atom. The molecule has 2 amide bonds. The third-order valence-corrected chi connectivity index (χ3v) is 3.23. The SMILES string of the molecule is CC1CC(C)CC(NC(=O)NC(C)C(=O)O)C1. The van der Waals surface area contributed by atoms with E-state index in [1.54, 1.807) is 0 Å². The minimum Gasteiger partial charge on any atom is -0.480 e. The van der Waals surface area contributed by atoms with Crippen LogP contribution < -0.4 is 10.6 Å². The molecule has 1 aliphatic rings. The number of carbonyl (C=O) groups is 2. The fourth-order valence-electron chi connectivity index (χ4n) is 2.55. The summed E-state index contributed by atoms with van der Waals surface area (Å²) >= 11 is 0. The van der Waals surface area contributed by atoms with Crippen molar-refractivity contribution < 1.29 is 14.7 Å². The fourth-order valence-corrected chi connectivity index (χ4v) is 2.55. The lowest BCUT2D eigenvalue weighted by Gasteiger charge is -2.32. The van der Waals surface area contributed by atoms with Crippen LogP contribution in [0.2, 0.25) is 0 Å². The molecule has 1 rings (SSSR count). The first-order valence-electron chi connectivity index (χ1n) is 6.18. The maximum absolute atomic E-state index is 11.6. The average molecular weight is 242 g/mol. The number of hydrogen-bond donors (Lipinski definition) is 3. The maximum atomic E-state index is 11.6. The first-order chi connectivity index (χ1) is 7.88. The zero-order valence-corrected chi connectivity index (χ0v) is 10.7. The van der Waals surface area contributed by atoms with E-state index in [1.807, 2.05) is 0 Å². The Morgan fingerprint density at radius 1 is 1.18 bits per heavy atom. The van der Waals surface area contributed by atoms with Gasteiger partial charge < -0.3 is 15.7 Å². The number of amides is 2. The summed E-state index contributed by atoms with van der Waals surface area (Å²) in [6.07, 6.45) is 3.14. The van der Waals surface area contributed by atoms with Crippen molar-refractivity contribution in [2.45, 2.75) is 52.1 Å². The number of carboxylic acids is 1. The topological polar surface area (TPSA) is 78.4 Å². The molecule has 0 aromatic carbocycles. The molecule has 0 saturated heterocycles. The van der Waals surface area contributed by atoms with Crippen LogP contribution in [0.15, 0.2) is 0 Å². The van der Waals surface area contributed by atoms with E-state index in [9.17, 15) is 9.59 Å². The van der Waals surface area contributed by atoms with Crippen LogP contribution in [0.25, 0.3) is 0 Å². The molecule has 98 valence electrons. The van der Waals surface area contributed by atoms with Crippen molar-refractivity contribution in [2.75, 3.05) is 0 Å². The largest absolute Gasteiger partial charge is 0.480 e. The highest BCUT2D eigenvalue weighted by molar-refractivity contribution is 5.82. The van der Waals surface area contributed by atoms with Gasteiger partial charge in [0.1, 0.15) is 6.04 Å². The first-order valence-corrected chi connectivity index (χ1v) is 6.18. The van der Waals surface area contributed by atoms with Crippen LogP contribution in [0.3, 0.4) is 0 Å². The number of rotatable bonds is 3. The molecule has 5 heteroatoms. The van der Waals surface area contributed by atoms with Crippen molar-refractivity contribution in [3.63, 3.8) is 0 Å². The number of carboxylic acid groups (broad SMARTS) is 1. The molecule has 0 aromatic heterocycles. The number of urea groups is 1. The van der Waals surface area contributed by atoms with Crippen molar-refractivity contribution >= 4 is 12.0 Å². The Labute approximate surface area is 102 Å². The van der Waals surface area contributed by atoms with E-state index < -0.39 is 12.0 Å². The van der Waals surface area contributed by atoms with Gasteiger partial charge >= 0.3 is 12.0 Å². The van der Waals surface area contributed by atoms with Crippen molar-refractivity contribution in [3.05, 3.63) is 0 Å². The fraction of sp³-hybridized carbons (Fsp3) is 0.833. The highest BCUT2D eigenvalue weighted by atomic mass is 16.4. The predicted octanol–water partition coefficient (Wildman–Crippen LogP) is 1.58. The van der Waals surface area contributed by atoms with Gasteiger partial charge in [0.05, 0.1) is 0 Å². The van der Waals surface area contributed by atoms with E-state index in [4.69, 9.17) is 5.11 Å². The molecule has 0 heterocycles. The molecule has 1 fully saturated rings. The summed E-state index contributed by atoms with van der Waals surface area (Å²) in [6, 6.07) is -1.07. The molecule has 5 nitrogen and oxygen atoms in total. The molecule has 3 unspecified atom stereocenters. The van der Waals surface area contributed by atoms with Crippen LogP contribution in [0.4, 0.5) is 4.79 Å². The molecule has 0 aromatic rings. The molecule has 0 bridgehead atoms. The zero-order valence-electron chi connectivity index (χ0n) is 10.7. The van der Waals surface area contributed by atoms with Gasteiger partial charge in [-0.15, -0.1) is 0 Å². The van der Waals surface area contributed by atoms with Crippen LogP contribution in [0.1, 0.15) is 40.0 Å². The molecule has 0 radical (unpaired) electrons. The summed E-state index contributed by atoms with van der Waals surface area (Å²) in [4.78, 5) is 22.1. The minimum absolute atomic E-state index is 0.162. The van der Waals surface area contributed by atoms with Gasteiger partial charge in [0.2, 0.25) is 0 Å². The molecule has 3 atom stereocenters. The second-order valence-electron chi connectivity index (χ2n) is 5.29. The summed E-state index contributed by atoms with van der Waals surface area (Å²) in [5, 5.41) is 13.9. The molecule has 0 spiro atoms. The van der Waals surface area contributed by atoms with Crippen molar-refractivity contribution in [1.82, 2.24) is 10.6 Å². The summed E-state index contributed by atoms with van der Waals surface area (Å²) in [5.41, 5.74) is 0. The smallest absolute Gasteiger partial charge is 0.325 e. The Balaban J connectivity index is 2.37. The lowest BCUT2D eigenvalue weighted by atomic mass is 9.80. The normalized spacial score (nSPS) is 30.4.